The summed E-state index contributed by atoms with van der Waals surface area (Å²) in [5, 5.41) is 0. The van der Waals surface area contributed by atoms with Gasteiger partial charge in [0.15, 0.2) is 0 Å². The van der Waals surface area contributed by atoms with Crippen molar-refractivity contribution >= 4 is 7.82 Å². The third-order valence-corrected chi connectivity index (χ3v) is 12.6. The van der Waals surface area contributed by atoms with E-state index in [1.807, 2.05) is 21.1 Å². The molecule has 3 saturated carbocycles. The van der Waals surface area contributed by atoms with Gasteiger partial charge in [-0.05, 0) is 110 Å². The molecular formula is C34H61NO5P+. The van der Waals surface area contributed by atoms with E-state index in [0.29, 0.717) is 34.2 Å². The molecule has 4 rings (SSSR count). The number of phosphoric ester groups is 1. The highest BCUT2D eigenvalue weighted by molar-refractivity contribution is 7.46. The Kier molecular flexibility index (Phi) is 10.2. The van der Waals surface area contributed by atoms with Crippen molar-refractivity contribution in [2.24, 2.45) is 52.3 Å². The summed E-state index contributed by atoms with van der Waals surface area (Å²) in [7, 11) is 1.31. The van der Waals surface area contributed by atoms with E-state index in [-0.39, 0.29) is 11.5 Å². The number of phosphoric acid groups is 1. The number of likely N-dealkylation sites (N-methyl/N-ethyl adjacent to an activating group) is 1. The van der Waals surface area contributed by atoms with Crippen molar-refractivity contribution in [3.8, 4) is 0 Å². The quantitative estimate of drug-likeness (QED) is 0.110. The smallest absolute Gasteiger partial charge is 0.343 e. The average molecular weight is 595 g/mol. The third kappa shape index (κ3) is 7.43. The second-order valence-corrected chi connectivity index (χ2v) is 17.2. The number of nitrogens with zero attached hydrogens (tertiary/aromatic N) is 1. The van der Waals surface area contributed by atoms with Crippen LogP contribution in [0.25, 0.3) is 0 Å². The zero-order valence-electron chi connectivity index (χ0n) is 27.5. The van der Waals surface area contributed by atoms with Crippen molar-refractivity contribution in [3.63, 3.8) is 0 Å². The van der Waals surface area contributed by atoms with E-state index in [1.54, 1.807) is 0 Å². The fraction of sp³-hybridized carbons (Fsp3) is 0.882. The first-order valence-corrected chi connectivity index (χ1v) is 18.1. The van der Waals surface area contributed by atoms with E-state index < -0.39 is 14.1 Å². The van der Waals surface area contributed by atoms with Crippen LogP contribution in [-0.4, -0.2) is 54.4 Å². The van der Waals surface area contributed by atoms with E-state index in [4.69, 9.17) is 9.26 Å². The third-order valence-electron chi connectivity index (χ3n) is 12.1. The maximum atomic E-state index is 11.7. The summed E-state index contributed by atoms with van der Waals surface area (Å²) in [6, 6.07) is 0. The number of quaternary nitrogens is 1. The minimum atomic E-state index is -4.64. The van der Waals surface area contributed by atoms with E-state index in [9.17, 15) is 14.4 Å². The molecule has 10 atom stereocenters. The number of hydrogen-bond donors (Lipinski definition) is 2. The monoisotopic (exact) mass is 594 g/mol. The van der Waals surface area contributed by atoms with Crippen molar-refractivity contribution in [2.45, 2.75) is 112 Å². The molecule has 0 radical (unpaired) electrons. The van der Waals surface area contributed by atoms with Crippen LogP contribution in [0.2, 0.25) is 0 Å². The van der Waals surface area contributed by atoms with Gasteiger partial charge in [-0.2, -0.15) is 0 Å². The topological polar surface area (TPSA) is 76.0 Å². The molecule has 3 fully saturated rings. The molecule has 4 aliphatic carbocycles. The second-order valence-electron chi connectivity index (χ2n) is 16.0. The van der Waals surface area contributed by atoms with Gasteiger partial charge in [0.2, 0.25) is 6.29 Å². The highest BCUT2D eigenvalue weighted by atomic mass is 31.2. The summed E-state index contributed by atoms with van der Waals surface area (Å²) < 4.78 is 23.6. The normalized spacial score (nSPS) is 38.2. The first kappa shape index (κ1) is 33.4. The van der Waals surface area contributed by atoms with Crippen LogP contribution in [0, 0.1) is 52.3 Å². The lowest BCUT2D eigenvalue weighted by atomic mass is 9.47. The molecule has 0 aromatic heterocycles. The van der Waals surface area contributed by atoms with Crippen LogP contribution in [0.1, 0.15) is 99.3 Å². The van der Waals surface area contributed by atoms with Crippen LogP contribution in [0.3, 0.4) is 0 Å². The Hall–Kier alpha value is -0.490. The van der Waals surface area contributed by atoms with Gasteiger partial charge in [0.1, 0.15) is 6.54 Å². The summed E-state index contributed by atoms with van der Waals surface area (Å²) in [6.45, 7) is 15.0. The predicted octanol–water partition coefficient (Wildman–Crippen LogP) is 7.97. The van der Waals surface area contributed by atoms with Crippen LogP contribution in [0.15, 0.2) is 23.8 Å². The van der Waals surface area contributed by atoms with Gasteiger partial charge in [-0.3, -0.25) is 4.52 Å². The van der Waals surface area contributed by atoms with Crippen LogP contribution < -0.4 is 0 Å². The highest BCUT2D eigenvalue weighted by Crippen LogP contribution is 2.67. The summed E-state index contributed by atoms with van der Waals surface area (Å²) in [4.78, 5) is 19.0. The second kappa shape index (κ2) is 12.5. The largest absolute Gasteiger partial charge is 0.472 e. The number of allylic oxidation sites excluding steroid dienone is 3. The zero-order chi connectivity index (χ0) is 30.4. The van der Waals surface area contributed by atoms with Gasteiger partial charge < -0.3 is 19.0 Å². The Morgan fingerprint density at radius 2 is 1.76 bits per heavy atom. The maximum Gasteiger partial charge on any atom is 0.472 e. The lowest BCUT2D eigenvalue weighted by Gasteiger charge is -2.58. The fourth-order valence-corrected chi connectivity index (χ4v) is 10.3. The molecule has 6 nitrogen and oxygen atoms in total. The molecule has 0 spiro atoms. The summed E-state index contributed by atoms with van der Waals surface area (Å²) >= 11 is 0. The van der Waals surface area contributed by atoms with Crippen LogP contribution >= 0.6 is 7.82 Å². The molecule has 236 valence electrons. The van der Waals surface area contributed by atoms with Crippen molar-refractivity contribution in [2.75, 3.05) is 27.7 Å². The summed E-state index contributed by atoms with van der Waals surface area (Å²) in [5.74, 6) is 5.12. The first-order chi connectivity index (χ1) is 19.0. The Morgan fingerprint density at radius 3 is 2.37 bits per heavy atom. The Morgan fingerprint density at radius 1 is 1.05 bits per heavy atom. The molecule has 0 amide bonds. The Balaban J connectivity index is 1.46. The van der Waals surface area contributed by atoms with Gasteiger partial charge in [-0.15, -0.1) is 0 Å². The molecule has 4 aliphatic rings. The zero-order valence-corrected chi connectivity index (χ0v) is 28.4. The number of rotatable bonds is 11. The van der Waals surface area contributed by atoms with Gasteiger partial charge in [0.05, 0.1) is 27.2 Å². The maximum absolute atomic E-state index is 11.7. The van der Waals surface area contributed by atoms with Crippen LogP contribution in [0.5, 0.6) is 0 Å². The Labute approximate surface area is 251 Å². The molecule has 4 unspecified atom stereocenters. The van der Waals surface area contributed by atoms with E-state index in [2.05, 4.69) is 59.8 Å². The molecule has 41 heavy (non-hydrogen) atoms. The van der Waals surface area contributed by atoms with Crippen molar-refractivity contribution in [1.82, 2.24) is 0 Å². The van der Waals surface area contributed by atoms with Crippen molar-refractivity contribution in [1.29, 1.82) is 0 Å². The minimum Gasteiger partial charge on any atom is -0.343 e. The molecule has 7 heteroatoms. The van der Waals surface area contributed by atoms with Crippen LogP contribution in [-0.2, 0) is 13.8 Å². The van der Waals surface area contributed by atoms with Crippen molar-refractivity contribution < 1.29 is 28.1 Å². The standard InChI is InChI=1S/C34H60NO5P/c1-10-25(23(2)3)12-11-24(4)29-15-16-30-28-14-13-26-21-27(39-32(22-35(7,8)9)40-41(36,37)38)17-19-33(26,5)31(28)18-20-34(29,30)6/h11-13,23-25,27-32H,10,14-22H2,1-9H3,(H-,36,37,38)/p+1/t24-,25-,27+,28?,29-,30?,31?,32?,33+,34-/m1/s1. The van der Waals surface area contributed by atoms with Crippen molar-refractivity contribution in [3.05, 3.63) is 23.8 Å². The molecule has 0 aromatic rings. The summed E-state index contributed by atoms with van der Waals surface area (Å²) in [5.41, 5.74) is 2.16. The molecule has 0 aliphatic heterocycles. The molecule has 0 saturated heterocycles. The molecule has 0 aromatic carbocycles. The number of hydrogen-bond acceptors (Lipinski definition) is 3. The van der Waals surface area contributed by atoms with Gasteiger partial charge in [0.25, 0.3) is 0 Å². The average Bonchev–Trinajstić information content (AvgIpc) is 3.19. The van der Waals surface area contributed by atoms with Crippen LogP contribution in [0.4, 0.5) is 0 Å². The van der Waals surface area contributed by atoms with Gasteiger partial charge in [-0.25, -0.2) is 4.57 Å². The lowest BCUT2D eigenvalue weighted by Crippen LogP contribution is -2.51. The minimum absolute atomic E-state index is 0.0656. The predicted molar refractivity (Wildman–Crippen MR) is 167 cm³/mol. The first-order valence-electron chi connectivity index (χ1n) is 16.5. The molecule has 0 heterocycles. The van der Waals surface area contributed by atoms with Gasteiger partial charge in [-0.1, -0.05) is 65.3 Å². The fourth-order valence-electron chi connectivity index (χ4n) is 9.85. The van der Waals surface area contributed by atoms with E-state index in [0.717, 1.165) is 42.9 Å². The number of fused-ring (bicyclic) bond motifs is 5. The highest BCUT2D eigenvalue weighted by Gasteiger charge is 2.59. The van der Waals surface area contributed by atoms with E-state index in [1.165, 1.54) is 44.1 Å². The number of ether oxygens (including phenoxy) is 1. The lowest BCUT2D eigenvalue weighted by molar-refractivity contribution is -0.876. The SMILES string of the molecule is CC[C@H](C=C[C@@H](C)[C@H]1CCC2C3CC=C4C[C@@H](OC(C[N+](C)(C)C)OP(=O)(O)O)CC[C@]4(C)C3CC[C@@]21C)C(C)C. The molecule has 2 N–H and O–H groups in total. The molecular weight excluding hydrogens is 533 g/mol. The van der Waals surface area contributed by atoms with Gasteiger partial charge in [0, 0.05) is 0 Å². The molecule has 0 bridgehead atoms. The Bertz CT molecular complexity index is 1010. The van der Waals surface area contributed by atoms with Gasteiger partial charge >= 0.3 is 7.82 Å². The van der Waals surface area contributed by atoms with E-state index >= 15 is 0 Å². The summed E-state index contributed by atoms with van der Waals surface area (Å²) in [6.07, 6.45) is 17.3.